The Bertz CT molecular complexity index is 1170. The van der Waals surface area contributed by atoms with E-state index in [1.54, 1.807) is 18.7 Å². The molecule has 2 heterocycles. The molecule has 0 atom stereocenters. The van der Waals surface area contributed by atoms with Crippen LogP contribution in [0.25, 0.3) is 11.8 Å². The lowest BCUT2D eigenvalue weighted by atomic mass is 9.91. The lowest BCUT2D eigenvalue weighted by Crippen LogP contribution is -2.33. The van der Waals surface area contributed by atoms with E-state index < -0.39 is 0 Å². The number of nitrogens with one attached hydrogen (secondary N) is 1. The Morgan fingerprint density at radius 1 is 1.18 bits per heavy atom. The molecular weight excluding hydrogens is 422 g/mol. The summed E-state index contributed by atoms with van der Waals surface area (Å²) in [6.07, 6.45) is 16.7. The van der Waals surface area contributed by atoms with Crippen molar-refractivity contribution in [1.82, 2.24) is 14.5 Å². The van der Waals surface area contributed by atoms with Crippen LogP contribution < -0.4 is 11.1 Å². The molecule has 1 aromatic carbocycles. The lowest BCUT2D eigenvalue weighted by molar-refractivity contribution is 0.0983. The molecule has 0 bridgehead atoms. The Labute approximate surface area is 201 Å². The summed E-state index contributed by atoms with van der Waals surface area (Å²) in [5, 5.41) is 3.75. The number of aryl methyl sites for hydroxylation is 1. The van der Waals surface area contributed by atoms with E-state index in [4.69, 9.17) is 10.7 Å². The molecule has 34 heavy (non-hydrogen) atoms. The highest BCUT2D eigenvalue weighted by Gasteiger charge is 2.26. The van der Waals surface area contributed by atoms with E-state index in [9.17, 15) is 4.79 Å². The van der Waals surface area contributed by atoms with Crippen molar-refractivity contribution in [3.05, 3.63) is 77.1 Å². The zero-order valence-electron chi connectivity index (χ0n) is 19.8. The van der Waals surface area contributed by atoms with Gasteiger partial charge in [0.1, 0.15) is 0 Å². The number of rotatable bonds is 8. The molecule has 2 aliphatic rings. The number of carbonyl (C=O) groups excluding carboxylic acids is 1. The molecule has 2 aliphatic carbocycles. The zero-order valence-corrected chi connectivity index (χ0v) is 19.8. The van der Waals surface area contributed by atoms with Crippen LogP contribution in [0.4, 0.5) is 5.69 Å². The third-order valence-corrected chi connectivity index (χ3v) is 7.20. The summed E-state index contributed by atoms with van der Waals surface area (Å²) in [4.78, 5) is 22.2. The van der Waals surface area contributed by atoms with Crippen LogP contribution in [-0.4, -0.2) is 32.4 Å². The van der Waals surface area contributed by atoms with E-state index in [2.05, 4.69) is 47.6 Å². The van der Waals surface area contributed by atoms with E-state index in [0.717, 1.165) is 72.3 Å². The van der Waals surface area contributed by atoms with Gasteiger partial charge in [-0.25, -0.2) is 4.98 Å². The van der Waals surface area contributed by atoms with Crippen LogP contribution in [0.3, 0.4) is 0 Å². The predicted molar refractivity (Wildman–Crippen MR) is 136 cm³/mol. The van der Waals surface area contributed by atoms with Crippen LogP contribution in [0, 0.1) is 0 Å². The van der Waals surface area contributed by atoms with Crippen LogP contribution >= 0.6 is 0 Å². The van der Waals surface area contributed by atoms with Gasteiger partial charge in [0, 0.05) is 54.8 Å². The first kappa shape index (κ1) is 22.5. The molecule has 6 heteroatoms. The summed E-state index contributed by atoms with van der Waals surface area (Å²) in [5.74, 6) is 0.141. The maximum absolute atomic E-state index is 13.4. The number of nitrogens with zero attached hydrogens (tertiary/aromatic N) is 3. The first-order valence-corrected chi connectivity index (χ1v) is 12.4. The third-order valence-electron chi connectivity index (χ3n) is 7.20. The minimum absolute atomic E-state index is 0.141. The average molecular weight is 456 g/mol. The number of benzene rings is 1. The number of fused-ring (bicyclic) bond motifs is 1. The number of hydrogen-bond acceptors (Lipinski definition) is 5. The first-order chi connectivity index (χ1) is 16.6. The molecule has 1 fully saturated rings. The molecule has 0 aliphatic heterocycles. The van der Waals surface area contributed by atoms with Gasteiger partial charge in [0.15, 0.2) is 5.78 Å². The van der Waals surface area contributed by atoms with E-state index in [1.165, 1.54) is 5.57 Å². The Kier molecular flexibility index (Phi) is 6.59. The van der Waals surface area contributed by atoms with Gasteiger partial charge in [-0.3, -0.25) is 9.78 Å². The summed E-state index contributed by atoms with van der Waals surface area (Å²) in [6, 6.07) is 8.96. The number of allylic oxidation sites excluding steroid dienone is 1. The van der Waals surface area contributed by atoms with Gasteiger partial charge in [-0.05, 0) is 56.2 Å². The van der Waals surface area contributed by atoms with E-state index >= 15 is 0 Å². The number of nitrogens with two attached hydrogens (primary N) is 1. The van der Waals surface area contributed by atoms with Gasteiger partial charge in [-0.2, -0.15) is 0 Å². The molecule has 6 nitrogen and oxygen atoms in total. The van der Waals surface area contributed by atoms with Crippen LogP contribution in [-0.2, 0) is 12.8 Å². The van der Waals surface area contributed by atoms with E-state index in [-0.39, 0.29) is 5.78 Å². The molecule has 1 saturated carbocycles. The highest BCUT2D eigenvalue weighted by molar-refractivity contribution is 6.03. The fourth-order valence-electron chi connectivity index (χ4n) is 5.03. The lowest BCUT2D eigenvalue weighted by Gasteiger charge is -2.29. The van der Waals surface area contributed by atoms with E-state index in [0.29, 0.717) is 24.9 Å². The second kappa shape index (κ2) is 9.94. The molecule has 0 amide bonds. The molecule has 0 radical (unpaired) electrons. The number of ketones is 1. The number of Topliss-reactive ketones (excluding diaryl/α,β-unsaturated/α-hetero) is 1. The summed E-state index contributed by atoms with van der Waals surface area (Å²) in [6.45, 7) is 2.18. The van der Waals surface area contributed by atoms with Gasteiger partial charge >= 0.3 is 0 Å². The number of hydrogen-bond donors (Lipinski definition) is 2. The fraction of sp³-hybridized carbons (Fsp3) is 0.393. The Morgan fingerprint density at radius 2 is 1.97 bits per heavy atom. The van der Waals surface area contributed by atoms with Crippen molar-refractivity contribution in [2.75, 3.05) is 5.32 Å². The summed E-state index contributed by atoms with van der Waals surface area (Å²) < 4.78 is 1.97. The van der Waals surface area contributed by atoms with Gasteiger partial charge in [-0.1, -0.05) is 30.7 Å². The van der Waals surface area contributed by atoms with Crippen molar-refractivity contribution >= 4 is 17.5 Å². The number of anilines is 1. The van der Waals surface area contributed by atoms with Gasteiger partial charge in [0.05, 0.1) is 23.3 Å². The quantitative estimate of drug-likeness (QED) is 0.461. The molecular formula is C28H33N5O. The monoisotopic (exact) mass is 455 g/mol. The van der Waals surface area contributed by atoms with Gasteiger partial charge in [-0.15, -0.1) is 0 Å². The van der Waals surface area contributed by atoms with Crippen LogP contribution in [0.1, 0.15) is 72.6 Å². The molecule has 0 spiro atoms. The van der Waals surface area contributed by atoms with Crippen LogP contribution in [0.5, 0.6) is 0 Å². The normalized spacial score (nSPS) is 19.5. The van der Waals surface area contributed by atoms with Crippen molar-refractivity contribution in [1.29, 1.82) is 0 Å². The highest BCUT2D eigenvalue weighted by atomic mass is 16.1. The van der Waals surface area contributed by atoms with Crippen molar-refractivity contribution in [2.24, 2.45) is 5.73 Å². The second-order valence-electron chi connectivity index (χ2n) is 9.56. The molecule has 0 unspecified atom stereocenters. The standard InChI is InChI=1S/C28H33N5O/c1-2-19-15-24-26(16-19)31-17-25(28(24)32-22-8-6-21(29)7-9-22)27(34)12-5-20-3-10-23(11-4-20)33-14-13-30-18-33/h3-4,10-11,13-15,17-18,21-22H,2,5-9,12,16,29H2,1H3,(H,31,32). The van der Waals surface area contributed by atoms with Crippen LogP contribution in [0.15, 0.2) is 54.8 Å². The number of pyridine rings is 1. The highest BCUT2D eigenvalue weighted by Crippen LogP contribution is 2.35. The van der Waals surface area contributed by atoms with Crippen molar-refractivity contribution in [2.45, 2.75) is 70.4 Å². The number of aromatic nitrogens is 3. The third kappa shape index (κ3) is 4.82. The topological polar surface area (TPSA) is 85.8 Å². The largest absolute Gasteiger partial charge is 0.381 e. The van der Waals surface area contributed by atoms with Gasteiger partial charge < -0.3 is 15.6 Å². The van der Waals surface area contributed by atoms with Gasteiger partial charge in [0.25, 0.3) is 0 Å². The fourth-order valence-corrected chi connectivity index (χ4v) is 5.03. The van der Waals surface area contributed by atoms with Crippen molar-refractivity contribution < 1.29 is 4.79 Å². The Hall–Kier alpha value is -3.25. The average Bonchev–Trinajstić information content (AvgIpc) is 3.55. The number of imidazole rings is 1. The summed E-state index contributed by atoms with van der Waals surface area (Å²) >= 11 is 0. The van der Waals surface area contributed by atoms with E-state index in [1.807, 2.05) is 10.8 Å². The molecule has 3 N–H and O–H groups in total. The molecule has 2 aromatic heterocycles. The maximum Gasteiger partial charge on any atom is 0.166 e. The van der Waals surface area contributed by atoms with Crippen LogP contribution in [0.2, 0.25) is 0 Å². The maximum atomic E-state index is 13.4. The SMILES string of the molecule is CCC1=Cc2c(ncc(C(=O)CCc3ccc(-n4ccnc4)cc3)c2NC2CCC(N)CC2)C1. The molecule has 176 valence electrons. The van der Waals surface area contributed by atoms with Gasteiger partial charge in [0.2, 0.25) is 0 Å². The van der Waals surface area contributed by atoms with Crippen molar-refractivity contribution in [3.63, 3.8) is 0 Å². The second-order valence-corrected chi connectivity index (χ2v) is 9.56. The summed E-state index contributed by atoms with van der Waals surface area (Å²) in [7, 11) is 0. The summed E-state index contributed by atoms with van der Waals surface area (Å²) in [5.41, 5.74) is 13.6. The zero-order chi connectivity index (χ0) is 23.5. The smallest absolute Gasteiger partial charge is 0.166 e. The van der Waals surface area contributed by atoms with Crippen molar-refractivity contribution in [3.8, 4) is 5.69 Å². The minimum atomic E-state index is 0.141. The predicted octanol–water partition coefficient (Wildman–Crippen LogP) is 5.11. The molecule has 0 saturated heterocycles. The Morgan fingerprint density at radius 3 is 2.68 bits per heavy atom. The minimum Gasteiger partial charge on any atom is -0.381 e. The molecule has 5 rings (SSSR count). The Balaban J connectivity index is 1.34. The first-order valence-electron chi connectivity index (χ1n) is 12.4. The molecule has 3 aromatic rings. The number of carbonyl (C=O) groups is 1.